The van der Waals surface area contributed by atoms with Gasteiger partial charge < -0.3 is 10.2 Å². The molecule has 7 nitrogen and oxygen atoms in total. The third-order valence-electron chi connectivity index (χ3n) is 5.19. The van der Waals surface area contributed by atoms with Crippen LogP contribution in [0.3, 0.4) is 0 Å². The van der Waals surface area contributed by atoms with Crippen molar-refractivity contribution < 1.29 is 8.78 Å². The number of piperidine rings is 1. The van der Waals surface area contributed by atoms with Crippen molar-refractivity contribution in [2.45, 2.75) is 31.7 Å². The van der Waals surface area contributed by atoms with Gasteiger partial charge in [-0.25, -0.2) is 23.4 Å². The largest absolute Gasteiger partial charge is 0.367 e. The molecule has 1 saturated heterocycles. The number of hydrogen-bond donors (Lipinski definition) is 1. The zero-order chi connectivity index (χ0) is 20.4. The minimum Gasteiger partial charge on any atom is -0.367 e. The fraction of sp³-hybridized carbons (Fsp3) is 0.400. The van der Waals surface area contributed by atoms with Gasteiger partial charge in [0, 0.05) is 37.6 Å². The summed E-state index contributed by atoms with van der Waals surface area (Å²) in [5, 5.41) is 8.33. The average molecular weight is 400 g/mol. The van der Waals surface area contributed by atoms with Gasteiger partial charge in [-0.3, -0.25) is 4.79 Å². The standard InChI is InChI=1S/C20H22F2N6O/c1-27-17(29)10-9-16(26-27)28-11-5-4-6-13(28)12-23-19-14-7-2-3-8-15(14)24-20(25-19)18(21)22/h2-3,7-10,13,18H,4-6,11-12H2,1H3,(H,23,24,25). The molecular weight excluding hydrogens is 378 g/mol. The van der Waals surface area contributed by atoms with Crippen molar-refractivity contribution in [2.24, 2.45) is 7.05 Å². The van der Waals surface area contributed by atoms with Crippen LogP contribution < -0.4 is 15.8 Å². The Kier molecular flexibility index (Phi) is 5.37. The van der Waals surface area contributed by atoms with Crippen LogP contribution >= 0.6 is 0 Å². The van der Waals surface area contributed by atoms with E-state index in [-0.39, 0.29) is 11.6 Å². The van der Waals surface area contributed by atoms with Gasteiger partial charge in [-0.05, 0) is 37.5 Å². The van der Waals surface area contributed by atoms with E-state index in [4.69, 9.17) is 0 Å². The Balaban J connectivity index is 1.60. The number of alkyl halides is 2. The number of fused-ring (bicyclic) bond motifs is 1. The molecule has 1 fully saturated rings. The van der Waals surface area contributed by atoms with Crippen LogP contribution in [-0.2, 0) is 7.05 Å². The summed E-state index contributed by atoms with van der Waals surface area (Å²) in [7, 11) is 1.63. The van der Waals surface area contributed by atoms with Crippen LogP contribution in [0.1, 0.15) is 31.5 Å². The summed E-state index contributed by atoms with van der Waals surface area (Å²) in [5.74, 6) is 0.663. The molecule has 3 aromatic rings. The molecule has 0 spiro atoms. The van der Waals surface area contributed by atoms with Crippen LogP contribution in [0.25, 0.3) is 10.9 Å². The Labute approximate surface area is 166 Å². The maximum atomic E-state index is 13.2. The van der Waals surface area contributed by atoms with Crippen LogP contribution in [0.2, 0.25) is 0 Å². The lowest BCUT2D eigenvalue weighted by Crippen LogP contribution is -2.45. The number of halogens is 2. The number of hydrogen-bond acceptors (Lipinski definition) is 6. The Morgan fingerprint density at radius 2 is 2.00 bits per heavy atom. The first-order chi connectivity index (χ1) is 14.0. The van der Waals surface area contributed by atoms with Gasteiger partial charge in [0.05, 0.1) is 5.52 Å². The van der Waals surface area contributed by atoms with E-state index in [1.165, 1.54) is 10.7 Å². The Morgan fingerprint density at radius 3 is 2.79 bits per heavy atom. The van der Waals surface area contributed by atoms with Crippen molar-refractivity contribution in [3.05, 3.63) is 52.6 Å². The van der Waals surface area contributed by atoms with E-state index < -0.39 is 12.2 Å². The number of nitrogens with zero attached hydrogens (tertiary/aromatic N) is 5. The summed E-state index contributed by atoms with van der Waals surface area (Å²) in [6.45, 7) is 1.35. The topological polar surface area (TPSA) is 75.9 Å². The van der Waals surface area contributed by atoms with Crippen molar-refractivity contribution >= 4 is 22.5 Å². The van der Waals surface area contributed by atoms with Gasteiger partial charge in [-0.15, -0.1) is 0 Å². The van der Waals surface area contributed by atoms with Crippen molar-refractivity contribution in [1.82, 2.24) is 19.7 Å². The zero-order valence-corrected chi connectivity index (χ0v) is 16.1. The van der Waals surface area contributed by atoms with Gasteiger partial charge in [0.25, 0.3) is 12.0 Å². The molecule has 0 aliphatic carbocycles. The molecule has 1 atom stereocenters. The van der Waals surface area contributed by atoms with E-state index >= 15 is 0 Å². The number of aromatic nitrogens is 4. The highest BCUT2D eigenvalue weighted by Gasteiger charge is 2.24. The lowest BCUT2D eigenvalue weighted by molar-refractivity contribution is 0.141. The number of aryl methyl sites for hydroxylation is 1. The second-order valence-corrected chi connectivity index (χ2v) is 7.13. The molecule has 152 valence electrons. The van der Waals surface area contributed by atoms with Gasteiger partial charge in [0.1, 0.15) is 11.6 Å². The number of rotatable bonds is 5. The summed E-state index contributed by atoms with van der Waals surface area (Å²) in [5.41, 5.74) is 0.327. The average Bonchev–Trinajstić information content (AvgIpc) is 2.74. The third kappa shape index (κ3) is 4.03. The quantitative estimate of drug-likeness (QED) is 0.709. The number of para-hydroxylation sites is 1. The lowest BCUT2D eigenvalue weighted by atomic mass is 10.0. The molecule has 1 aromatic carbocycles. The van der Waals surface area contributed by atoms with Crippen LogP contribution in [0.5, 0.6) is 0 Å². The maximum Gasteiger partial charge on any atom is 0.297 e. The molecule has 0 amide bonds. The summed E-state index contributed by atoms with van der Waals surface area (Å²) in [4.78, 5) is 21.8. The Hall–Kier alpha value is -3.10. The van der Waals surface area contributed by atoms with Crippen molar-refractivity contribution in [3.63, 3.8) is 0 Å². The van der Waals surface area contributed by atoms with E-state index in [2.05, 4.69) is 25.3 Å². The van der Waals surface area contributed by atoms with Crippen molar-refractivity contribution in [1.29, 1.82) is 0 Å². The normalized spacial score (nSPS) is 17.1. The van der Waals surface area contributed by atoms with Crippen molar-refractivity contribution in [3.8, 4) is 0 Å². The fourth-order valence-corrected chi connectivity index (χ4v) is 3.70. The molecule has 9 heteroatoms. The first-order valence-electron chi connectivity index (χ1n) is 9.62. The van der Waals surface area contributed by atoms with E-state index in [0.29, 0.717) is 23.3 Å². The molecule has 29 heavy (non-hydrogen) atoms. The van der Waals surface area contributed by atoms with Gasteiger partial charge >= 0.3 is 0 Å². The van der Waals surface area contributed by atoms with Crippen LogP contribution in [0, 0.1) is 0 Å². The van der Waals surface area contributed by atoms with Crippen molar-refractivity contribution in [2.75, 3.05) is 23.3 Å². The number of nitrogens with one attached hydrogen (secondary N) is 1. The maximum absolute atomic E-state index is 13.2. The highest BCUT2D eigenvalue weighted by atomic mass is 19.3. The molecule has 2 aromatic heterocycles. The van der Waals surface area contributed by atoms with Crippen LogP contribution in [0.15, 0.2) is 41.2 Å². The van der Waals surface area contributed by atoms with Crippen LogP contribution in [-0.4, -0.2) is 38.9 Å². The van der Waals surface area contributed by atoms with E-state index in [9.17, 15) is 13.6 Å². The van der Waals surface area contributed by atoms with Gasteiger partial charge in [-0.2, -0.15) is 5.10 Å². The summed E-state index contributed by atoms with van der Waals surface area (Å²) < 4.78 is 27.8. The Morgan fingerprint density at radius 1 is 1.17 bits per heavy atom. The predicted molar refractivity (Wildman–Crippen MR) is 107 cm³/mol. The molecule has 0 radical (unpaired) electrons. The second kappa shape index (κ2) is 8.10. The van der Waals surface area contributed by atoms with E-state index in [0.717, 1.165) is 31.6 Å². The molecule has 1 N–H and O–H groups in total. The first kappa shape index (κ1) is 19.2. The predicted octanol–water partition coefficient (Wildman–Crippen LogP) is 3.13. The summed E-state index contributed by atoms with van der Waals surface area (Å²) in [6, 6.07) is 10.5. The molecule has 0 bridgehead atoms. The first-order valence-corrected chi connectivity index (χ1v) is 9.62. The highest BCUT2D eigenvalue weighted by molar-refractivity contribution is 5.89. The number of anilines is 2. The molecular formula is C20H22F2N6O. The molecule has 1 unspecified atom stereocenters. The molecule has 0 saturated carbocycles. The second-order valence-electron chi connectivity index (χ2n) is 7.13. The zero-order valence-electron chi connectivity index (χ0n) is 16.1. The highest BCUT2D eigenvalue weighted by Crippen LogP contribution is 2.26. The van der Waals surface area contributed by atoms with Gasteiger partial charge in [0.15, 0.2) is 5.82 Å². The molecule has 4 rings (SSSR count). The van der Waals surface area contributed by atoms with E-state index in [1.807, 2.05) is 12.1 Å². The smallest absolute Gasteiger partial charge is 0.297 e. The number of benzene rings is 1. The monoisotopic (exact) mass is 400 g/mol. The Bertz CT molecular complexity index is 1070. The molecule has 1 aliphatic heterocycles. The minimum atomic E-state index is -2.74. The van der Waals surface area contributed by atoms with Gasteiger partial charge in [0.2, 0.25) is 0 Å². The molecule has 3 heterocycles. The molecule has 1 aliphatic rings. The summed E-state index contributed by atoms with van der Waals surface area (Å²) >= 11 is 0. The van der Waals surface area contributed by atoms with Crippen LogP contribution in [0.4, 0.5) is 20.4 Å². The minimum absolute atomic E-state index is 0.109. The summed E-state index contributed by atoms with van der Waals surface area (Å²) in [6.07, 6.45) is 0.303. The van der Waals surface area contributed by atoms with Gasteiger partial charge in [-0.1, -0.05) is 12.1 Å². The lowest BCUT2D eigenvalue weighted by Gasteiger charge is -2.36. The fourth-order valence-electron chi connectivity index (χ4n) is 3.70. The van der Waals surface area contributed by atoms with E-state index in [1.54, 1.807) is 25.2 Å². The third-order valence-corrected chi connectivity index (χ3v) is 5.19. The SMILES string of the molecule is Cn1nc(N2CCCCC2CNc2nc(C(F)F)nc3ccccc23)ccc1=O.